The second kappa shape index (κ2) is 7.43. The van der Waals surface area contributed by atoms with Crippen molar-refractivity contribution in [1.82, 2.24) is 20.4 Å². The van der Waals surface area contributed by atoms with E-state index in [1.54, 1.807) is 16.8 Å². The number of benzene rings is 1. The maximum Gasteiger partial charge on any atom is 0.287 e. The zero-order valence-electron chi connectivity index (χ0n) is 15.0. The Hall–Kier alpha value is -3.09. The van der Waals surface area contributed by atoms with Gasteiger partial charge in [0, 0.05) is 12.4 Å². The van der Waals surface area contributed by atoms with E-state index >= 15 is 0 Å². The van der Waals surface area contributed by atoms with E-state index in [-0.39, 0.29) is 17.6 Å². The van der Waals surface area contributed by atoms with E-state index < -0.39 is 11.9 Å². The minimum Gasteiger partial charge on any atom is -0.459 e. The number of amides is 2. The van der Waals surface area contributed by atoms with E-state index in [1.165, 1.54) is 6.26 Å². The van der Waals surface area contributed by atoms with Crippen molar-refractivity contribution in [3.63, 3.8) is 0 Å². The SMILES string of the molecule is CC(C)[C@H](NC(=O)c1ccco1)C(=O)NCc1nn(C)c2ccccc12. The zero-order chi connectivity index (χ0) is 18.7. The summed E-state index contributed by atoms with van der Waals surface area (Å²) >= 11 is 0. The Kier molecular flexibility index (Phi) is 5.06. The summed E-state index contributed by atoms with van der Waals surface area (Å²) in [6.45, 7) is 4.05. The summed E-state index contributed by atoms with van der Waals surface area (Å²) in [6, 6.07) is 10.4. The molecule has 2 aromatic heterocycles. The number of furan rings is 1. The molecule has 0 aliphatic carbocycles. The van der Waals surface area contributed by atoms with E-state index in [4.69, 9.17) is 4.42 Å². The predicted octanol–water partition coefficient (Wildman–Crippen LogP) is 2.24. The van der Waals surface area contributed by atoms with Crippen LogP contribution in [-0.4, -0.2) is 27.6 Å². The van der Waals surface area contributed by atoms with Crippen LogP contribution in [0.5, 0.6) is 0 Å². The largest absolute Gasteiger partial charge is 0.459 e. The monoisotopic (exact) mass is 354 g/mol. The van der Waals surface area contributed by atoms with Gasteiger partial charge in [0.1, 0.15) is 6.04 Å². The first-order chi connectivity index (χ1) is 12.5. The first-order valence-corrected chi connectivity index (χ1v) is 8.50. The number of carbonyl (C=O) groups is 2. The van der Waals surface area contributed by atoms with Gasteiger partial charge in [-0.1, -0.05) is 32.0 Å². The molecule has 26 heavy (non-hydrogen) atoms. The van der Waals surface area contributed by atoms with Gasteiger partial charge in [-0.05, 0) is 24.1 Å². The smallest absolute Gasteiger partial charge is 0.287 e. The number of carbonyl (C=O) groups excluding carboxylic acids is 2. The lowest BCUT2D eigenvalue weighted by atomic mass is 10.0. The van der Waals surface area contributed by atoms with Crippen LogP contribution in [0.2, 0.25) is 0 Å². The summed E-state index contributed by atoms with van der Waals surface area (Å²) in [5, 5.41) is 11.1. The number of nitrogens with zero attached hydrogens (tertiary/aromatic N) is 2. The van der Waals surface area contributed by atoms with Crippen LogP contribution in [0.1, 0.15) is 30.1 Å². The average molecular weight is 354 g/mol. The minimum atomic E-state index is -0.664. The van der Waals surface area contributed by atoms with Gasteiger partial charge in [0.25, 0.3) is 5.91 Å². The zero-order valence-corrected chi connectivity index (χ0v) is 15.0. The third-order valence-electron chi connectivity index (χ3n) is 4.25. The lowest BCUT2D eigenvalue weighted by Gasteiger charge is -2.21. The molecule has 3 rings (SSSR count). The maximum atomic E-state index is 12.6. The van der Waals surface area contributed by atoms with Gasteiger partial charge in [0.15, 0.2) is 5.76 Å². The molecule has 0 unspecified atom stereocenters. The molecule has 136 valence electrons. The lowest BCUT2D eigenvalue weighted by Crippen LogP contribution is -2.49. The minimum absolute atomic E-state index is 0.0746. The van der Waals surface area contributed by atoms with E-state index in [1.807, 2.05) is 45.2 Å². The Bertz CT molecular complexity index is 912. The Labute approximate surface area is 151 Å². The summed E-state index contributed by atoms with van der Waals surface area (Å²) in [6.07, 6.45) is 1.42. The number of aryl methyl sites for hydroxylation is 1. The van der Waals surface area contributed by atoms with Gasteiger partial charge in [0.2, 0.25) is 5.91 Å². The molecule has 0 spiro atoms. The third-order valence-corrected chi connectivity index (χ3v) is 4.25. The van der Waals surface area contributed by atoms with E-state index in [2.05, 4.69) is 15.7 Å². The molecule has 1 atom stereocenters. The summed E-state index contributed by atoms with van der Waals surface area (Å²) < 4.78 is 6.87. The molecule has 0 aliphatic heterocycles. The van der Waals surface area contributed by atoms with Gasteiger partial charge in [-0.25, -0.2) is 0 Å². The molecule has 1 aromatic carbocycles. The summed E-state index contributed by atoms with van der Waals surface area (Å²) in [5.74, 6) is -0.560. The maximum absolute atomic E-state index is 12.6. The van der Waals surface area contributed by atoms with Crippen LogP contribution in [0.4, 0.5) is 0 Å². The van der Waals surface area contributed by atoms with Crippen LogP contribution >= 0.6 is 0 Å². The molecule has 2 amide bonds. The number of para-hydroxylation sites is 1. The highest BCUT2D eigenvalue weighted by molar-refractivity contribution is 5.95. The molecular weight excluding hydrogens is 332 g/mol. The van der Waals surface area contributed by atoms with Crippen molar-refractivity contribution in [1.29, 1.82) is 0 Å². The highest BCUT2D eigenvalue weighted by atomic mass is 16.3. The topological polar surface area (TPSA) is 89.2 Å². The van der Waals surface area contributed by atoms with Crippen molar-refractivity contribution in [2.45, 2.75) is 26.4 Å². The number of fused-ring (bicyclic) bond motifs is 1. The van der Waals surface area contributed by atoms with Crippen LogP contribution in [0.3, 0.4) is 0 Å². The molecule has 7 nitrogen and oxygen atoms in total. The Balaban J connectivity index is 1.69. The van der Waals surface area contributed by atoms with E-state index in [9.17, 15) is 9.59 Å². The Morgan fingerprint density at radius 2 is 1.96 bits per heavy atom. The number of hydrogen-bond donors (Lipinski definition) is 2. The second-order valence-corrected chi connectivity index (χ2v) is 6.48. The summed E-state index contributed by atoms with van der Waals surface area (Å²) in [7, 11) is 1.87. The van der Waals surface area contributed by atoms with E-state index in [0.717, 1.165) is 16.6 Å². The second-order valence-electron chi connectivity index (χ2n) is 6.48. The molecule has 2 heterocycles. The number of nitrogens with one attached hydrogen (secondary N) is 2. The Morgan fingerprint density at radius 1 is 1.19 bits per heavy atom. The summed E-state index contributed by atoms with van der Waals surface area (Å²) in [5.41, 5.74) is 1.79. The van der Waals surface area contributed by atoms with Gasteiger partial charge in [0.05, 0.1) is 24.0 Å². The van der Waals surface area contributed by atoms with Crippen molar-refractivity contribution in [3.05, 3.63) is 54.1 Å². The van der Waals surface area contributed by atoms with Crippen LogP contribution in [0, 0.1) is 5.92 Å². The highest BCUT2D eigenvalue weighted by Gasteiger charge is 2.25. The Morgan fingerprint density at radius 3 is 2.65 bits per heavy atom. The number of rotatable bonds is 6. The average Bonchev–Trinajstić information content (AvgIpc) is 3.26. The van der Waals surface area contributed by atoms with Crippen LogP contribution in [0.25, 0.3) is 10.9 Å². The number of hydrogen-bond acceptors (Lipinski definition) is 4. The molecule has 7 heteroatoms. The number of aromatic nitrogens is 2. The van der Waals surface area contributed by atoms with Gasteiger partial charge in [-0.15, -0.1) is 0 Å². The molecule has 0 aliphatic rings. The fraction of sp³-hybridized carbons (Fsp3) is 0.316. The van der Waals surface area contributed by atoms with Crippen LogP contribution in [-0.2, 0) is 18.4 Å². The lowest BCUT2D eigenvalue weighted by molar-refractivity contribution is -0.124. The molecule has 0 saturated carbocycles. The molecule has 3 aromatic rings. The molecule has 0 saturated heterocycles. The standard InChI is InChI=1S/C19H22N4O3/c1-12(2)17(21-18(24)16-9-6-10-26-16)19(25)20-11-14-13-7-4-5-8-15(13)23(3)22-14/h4-10,12,17H,11H2,1-3H3,(H,20,25)(H,21,24)/t17-/m0/s1. The first kappa shape index (κ1) is 17.7. The molecular formula is C19H22N4O3. The van der Waals surface area contributed by atoms with Crippen molar-refractivity contribution in [2.24, 2.45) is 13.0 Å². The molecule has 2 N–H and O–H groups in total. The quantitative estimate of drug-likeness (QED) is 0.710. The van der Waals surface area contributed by atoms with Gasteiger partial charge in [-0.3, -0.25) is 14.3 Å². The van der Waals surface area contributed by atoms with Gasteiger partial charge < -0.3 is 15.1 Å². The first-order valence-electron chi connectivity index (χ1n) is 8.50. The third kappa shape index (κ3) is 3.61. The van der Waals surface area contributed by atoms with Crippen LogP contribution < -0.4 is 10.6 Å². The fourth-order valence-corrected chi connectivity index (χ4v) is 2.86. The van der Waals surface area contributed by atoms with Crippen molar-refractivity contribution in [2.75, 3.05) is 0 Å². The van der Waals surface area contributed by atoms with Crippen molar-refractivity contribution < 1.29 is 14.0 Å². The molecule has 0 fully saturated rings. The van der Waals surface area contributed by atoms with Gasteiger partial charge >= 0.3 is 0 Å². The summed E-state index contributed by atoms with van der Waals surface area (Å²) in [4.78, 5) is 24.8. The normalized spacial score (nSPS) is 12.3. The molecule has 0 radical (unpaired) electrons. The van der Waals surface area contributed by atoms with Crippen molar-refractivity contribution in [3.8, 4) is 0 Å². The highest BCUT2D eigenvalue weighted by Crippen LogP contribution is 2.17. The molecule has 0 bridgehead atoms. The van der Waals surface area contributed by atoms with Crippen LogP contribution in [0.15, 0.2) is 47.1 Å². The van der Waals surface area contributed by atoms with Crippen molar-refractivity contribution >= 4 is 22.7 Å². The fourth-order valence-electron chi connectivity index (χ4n) is 2.86. The predicted molar refractivity (Wildman–Crippen MR) is 97.4 cm³/mol. The van der Waals surface area contributed by atoms with E-state index in [0.29, 0.717) is 6.54 Å². The van der Waals surface area contributed by atoms with Gasteiger partial charge in [-0.2, -0.15) is 5.10 Å².